The van der Waals surface area contributed by atoms with Crippen molar-refractivity contribution < 1.29 is 8.42 Å². The molecule has 2 aromatic carbocycles. The molecule has 0 aliphatic carbocycles. The van der Waals surface area contributed by atoms with E-state index in [-0.39, 0.29) is 5.75 Å². The number of hydrogen-bond donors (Lipinski definition) is 0. The van der Waals surface area contributed by atoms with E-state index in [0.717, 1.165) is 22.0 Å². The molecule has 0 saturated heterocycles. The summed E-state index contributed by atoms with van der Waals surface area (Å²) in [7, 11) is -3.31. The van der Waals surface area contributed by atoms with Gasteiger partial charge in [-0.05, 0) is 30.7 Å². The molecule has 5 nitrogen and oxygen atoms in total. The number of anilines is 1. The number of nitrogens with zero attached hydrogens (tertiary/aromatic N) is 3. The van der Waals surface area contributed by atoms with Crippen molar-refractivity contribution in [3.05, 3.63) is 58.7 Å². The summed E-state index contributed by atoms with van der Waals surface area (Å²) in [5.41, 5.74) is 2.59. The molecule has 3 aromatic rings. The SMILES string of the molecule is Cc1ccc2nc(N3CCS(=O)(=O)c4ccccc4C3)nc(Cl)c2c1. The van der Waals surface area contributed by atoms with Crippen LogP contribution in [0.3, 0.4) is 0 Å². The molecule has 0 spiro atoms. The van der Waals surface area contributed by atoms with Crippen LogP contribution in [0.25, 0.3) is 10.9 Å². The molecule has 0 bridgehead atoms. The van der Waals surface area contributed by atoms with E-state index in [1.54, 1.807) is 12.1 Å². The molecule has 2 heterocycles. The Kier molecular flexibility index (Phi) is 3.89. The Hall–Kier alpha value is -2.18. The van der Waals surface area contributed by atoms with Crippen LogP contribution in [-0.2, 0) is 16.4 Å². The second-order valence-electron chi connectivity index (χ2n) is 6.18. The molecule has 0 saturated carbocycles. The Balaban J connectivity index is 1.81. The van der Waals surface area contributed by atoms with Crippen LogP contribution in [0.4, 0.5) is 5.95 Å². The summed E-state index contributed by atoms with van der Waals surface area (Å²) >= 11 is 6.35. The van der Waals surface area contributed by atoms with Crippen LogP contribution in [0.2, 0.25) is 5.15 Å². The molecule has 128 valence electrons. The van der Waals surface area contributed by atoms with Gasteiger partial charge < -0.3 is 4.90 Å². The van der Waals surface area contributed by atoms with E-state index in [1.165, 1.54) is 0 Å². The predicted molar refractivity (Wildman–Crippen MR) is 98.8 cm³/mol. The lowest BCUT2D eigenvalue weighted by atomic mass is 10.2. The van der Waals surface area contributed by atoms with Crippen molar-refractivity contribution in [2.24, 2.45) is 0 Å². The van der Waals surface area contributed by atoms with E-state index < -0.39 is 9.84 Å². The number of hydrogen-bond acceptors (Lipinski definition) is 5. The van der Waals surface area contributed by atoms with E-state index in [2.05, 4.69) is 9.97 Å². The monoisotopic (exact) mass is 373 g/mol. The van der Waals surface area contributed by atoms with Gasteiger partial charge in [0.1, 0.15) is 5.15 Å². The van der Waals surface area contributed by atoms with Crippen molar-refractivity contribution in [2.45, 2.75) is 18.4 Å². The maximum Gasteiger partial charge on any atom is 0.227 e. The van der Waals surface area contributed by atoms with Gasteiger partial charge >= 0.3 is 0 Å². The first kappa shape index (κ1) is 16.3. The normalized spacial score (nSPS) is 16.5. The van der Waals surface area contributed by atoms with Crippen LogP contribution in [-0.4, -0.2) is 30.7 Å². The van der Waals surface area contributed by atoms with Gasteiger partial charge in [-0.15, -0.1) is 0 Å². The largest absolute Gasteiger partial charge is 0.335 e. The molecule has 0 atom stereocenters. The van der Waals surface area contributed by atoms with Crippen LogP contribution >= 0.6 is 11.6 Å². The summed E-state index contributed by atoms with van der Waals surface area (Å²) in [6.07, 6.45) is 0. The minimum absolute atomic E-state index is 0.0247. The number of sulfone groups is 1. The quantitative estimate of drug-likeness (QED) is 0.612. The van der Waals surface area contributed by atoms with Gasteiger partial charge in [-0.1, -0.05) is 41.4 Å². The van der Waals surface area contributed by atoms with E-state index >= 15 is 0 Å². The summed E-state index contributed by atoms with van der Waals surface area (Å²) in [5, 5.41) is 1.18. The predicted octanol–water partition coefficient (Wildman–Crippen LogP) is 3.39. The minimum Gasteiger partial charge on any atom is -0.335 e. The zero-order valence-corrected chi connectivity index (χ0v) is 15.2. The van der Waals surface area contributed by atoms with E-state index in [9.17, 15) is 8.42 Å². The van der Waals surface area contributed by atoms with Crippen LogP contribution < -0.4 is 4.90 Å². The summed E-state index contributed by atoms with van der Waals surface area (Å²) in [6.45, 7) is 2.74. The summed E-state index contributed by atoms with van der Waals surface area (Å²) < 4.78 is 25.0. The fraction of sp³-hybridized carbons (Fsp3) is 0.222. The highest BCUT2D eigenvalue weighted by Gasteiger charge is 2.26. The van der Waals surface area contributed by atoms with Crippen molar-refractivity contribution in [3.63, 3.8) is 0 Å². The lowest BCUT2D eigenvalue weighted by Gasteiger charge is -2.20. The standard InChI is InChI=1S/C18H16ClN3O2S/c1-12-6-7-15-14(10-12)17(19)21-18(20-15)22-8-9-25(23,24)16-5-3-2-4-13(16)11-22/h2-7,10H,8-9,11H2,1H3. The number of rotatable bonds is 1. The first-order chi connectivity index (χ1) is 11.9. The van der Waals surface area contributed by atoms with Crippen molar-refractivity contribution in [1.29, 1.82) is 0 Å². The van der Waals surface area contributed by atoms with Crippen LogP contribution in [0.1, 0.15) is 11.1 Å². The van der Waals surface area contributed by atoms with Gasteiger partial charge in [-0.3, -0.25) is 0 Å². The highest BCUT2D eigenvalue weighted by atomic mass is 35.5. The Morgan fingerprint density at radius 1 is 1.12 bits per heavy atom. The third-order valence-corrected chi connectivity index (χ3v) is 6.45. The number of halogens is 1. The molecule has 0 fully saturated rings. The third-order valence-electron chi connectivity index (χ3n) is 4.37. The highest BCUT2D eigenvalue weighted by Crippen LogP contribution is 2.28. The average Bonchev–Trinajstić information content (AvgIpc) is 2.72. The van der Waals surface area contributed by atoms with Gasteiger partial charge in [-0.2, -0.15) is 0 Å². The van der Waals surface area contributed by atoms with Crippen molar-refractivity contribution in [1.82, 2.24) is 9.97 Å². The van der Waals surface area contributed by atoms with Gasteiger partial charge in [0.15, 0.2) is 9.84 Å². The lowest BCUT2D eigenvalue weighted by Crippen LogP contribution is -2.27. The van der Waals surface area contributed by atoms with Crippen molar-refractivity contribution in [3.8, 4) is 0 Å². The number of aromatic nitrogens is 2. The Morgan fingerprint density at radius 3 is 2.76 bits per heavy atom. The second-order valence-corrected chi connectivity index (χ2v) is 8.62. The van der Waals surface area contributed by atoms with Gasteiger partial charge in [0.05, 0.1) is 16.2 Å². The number of aryl methyl sites for hydroxylation is 1. The van der Waals surface area contributed by atoms with E-state index in [1.807, 2.05) is 42.2 Å². The molecule has 7 heteroatoms. The molecule has 0 unspecified atom stereocenters. The molecule has 1 aliphatic rings. The molecule has 25 heavy (non-hydrogen) atoms. The van der Waals surface area contributed by atoms with E-state index in [0.29, 0.717) is 29.1 Å². The van der Waals surface area contributed by atoms with Crippen molar-refractivity contribution >= 4 is 38.3 Å². The molecule has 0 N–H and O–H groups in total. The van der Waals surface area contributed by atoms with Crippen LogP contribution in [0.5, 0.6) is 0 Å². The van der Waals surface area contributed by atoms with Gasteiger partial charge in [-0.25, -0.2) is 18.4 Å². The van der Waals surface area contributed by atoms with Crippen LogP contribution in [0, 0.1) is 6.92 Å². The first-order valence-electron chi connectivity index (χ1n) is 7.93. The Bertz CT molecular complexity index is 1080. The maximum absolute atomic E-state index is 12.5. The maximum atomic E-state index is 12.5. The first-order valence-corrected chi connectivity index (χ1v) is 9.96. The topological polar surface area (TPSA) is 63.2 Å². The lowest BCUT2D eigenvalue weighted by molar-refractivity contribution is 0.596. The fourth-order valence-corrected chi connectivity index (χ4v) is 4.79. The molecule has 0 radical (unpaired) electrons. The Morgan fingerprint density at radius 2 is 1.92 bits per heavy atom. The smallest absolute Gasteiger partial charge is 0.227 e. The zero-order chi connectivity index (χ0) is 17.6. The molecular weight excluding hydrogens is 358 g/mol. The summed E-state index contributed by atoms with van der Waals surface area (Å²) in [6, 6.07) is 12.9. The molecule has 1 aromatic heterocycles. The average molecular weight is 374 g/mol. The Labute approximate surface area is 151 Å². The summed E-state index contributed by atoms with van der Waals surface area (Å²) in [4.78, 5) is 11.3. The fourth-order valence-electron chi connectivity index (χ4n) is 3.07. The second kappa shape index (κ2) is 5.97. The summed E-state index contributed by atoms with van der Waals surface area (Å²) in [5.74, 6) is 0.477. The van der Waals surface area contributed by atoms with E-state index in [4.69, 9.17) is 11.6 Å². The molecular formula is C18H16ClN3O2S. The van der Waals surface area contributed by atoms with Gasteiger partial charge in [0.2, 0.25) is 5.95 Å². The van der Waals surface area contributed by atoms with Gasteiger partial charge in [0.25, 0.3) is 0 Å². The number of benzene rings is 2. The van der Waals surface area contributed by atoms with Gasteiger partial charge in [0, 0.05) is 18.5 Å². The molecule has 0 amide bonds. The molecule has 1 aliphatic heterocycles. The zero-order valence-electron chi connectivity index (χ0n) is 13.6. The number of fused-ring (bicyclic) bond motifs is 2. The third kappa shape index (κ3) is 2.96. The minimum atomic E-state index is -3.31. The highest BCUT2D eigenvalue weighted by molar-refractivity contribution is 7.91. The molecule has 4 rings (SSSR count). The van der Waals surface area contributed by atoms with Crippen molar-refractivity contribution in [2.75, 3.05) is 17.2 Å². The van der Waals surface area contributed by atoms with Crippen LogP contribution in [0.15, 0.2) is 47.4 Å².